The molecule has 2 unspecified atom stereocenters. The Labute approximate surface area is 112 Å². The summed E-state index contributed by atoms with van der Waals surface area (Å²) >= 11 is 0. The minimum Gasteiger partial charge on any atom is -0.445 e. The molecule has 0 aromatic heterocycles. The van der Waals surface area contributed by atoms with E-state index in [4.69, 9.17) is 9.57 Å². The first-order valence-electron chi connectivity index (χ1n) is 6.67. The van der Waals surface area contributed by atoms with E-state index < -0.39 is 0 Å². The second-order valence-corrected chi connectivity index (χ2v) is 5.04. The zero-order valence-electron chi connectivity index (χ0n) is 10.7. The average Bonchev–Trinajstić information content (AvgIpc) is 2.93. The van der Waals surface area contributed by atoms with Crippen molar-refractivity contribution in [2.24, 2.45) is 5.92 Å². The zero-order valence-corrected chi connectivity index (χ0v) is 10.7. The van der Waals surface area contributed by atoms with Crippen LogP contribution in [0.2, 0.25) is 0 Å². The summed E-state index contributed by atoms with van der Waals surface area (Å²) in [6.07, 6.45) is 0.828. The van der Waals surface area contributed by atoms with E-state index in [1.54, 1.807) is 4.90 Å². The molecule has 0 bridgehead atoms. The second kappa shape index (κ2) is 5.59. The van der Waals surface area contributed by atoms with Crippen molar-refractivity contribution in [2.75, 3.05) is 19.6 Å². The SMILES string of the molecule is O=C(OCc1ccccc1)N1CCC2CNOC2C1. The Morgan fingerprint density at radius 1 is 1.42 bits per heavy atom. The molecule has 2 heterocycles. The molecular formula is C14H18N2O3. The van der Waals surface area contributed by atoms with Gasteiger partial charge in [-0.1, -0.05) is 30.3 Å². The Kier molecular flexibility index (Phi) is 3.66. The van der Waals surface area contributed by atoms with Gasteiger partial charge in [0.15, 0.2) is 0 Å². The van der Waals surface area contributed by atoms with Crippen LogP contribution in [-0.2, 0) is 16.2 Å². The fourth-order valence-corrected chi connectivity index (χ4v) is 2.57. The van der Waals surface area contributed by atoms with Crippen LogP contribution >= 0.6 is 0 Å². The number of rotatable bonds is 2. The highest BCUT2D eigenvalue weighted by atomic mass is 16.7. The number of amides is 1. The first kappa shape index (κ1) is 12.4. The minimum atomic E-state index is -0.252. The molecule has 2 saturated heterocycles. The number of likely N-dealkylation sites (tertiary alicyclic amines) is 1. The minimum absolute atomic E-state index is 0.109. The summed E-state index contributed by atoms with van der Waals surface area (Å²) in [6, 6.07) is 9.72. The van der Waals surface area contributed by atoms with E-state index in [1.807, 2.05) is 30.3 Å². The molecule has 0 aliphatic carbocycles. The van der Waals surface area contributed by atoms with Crippen molar-refractivity contribution in [1.82, 2.24) is 10.4 Å². The maximum absolute atomic E-state index is 12.0. The Morgan fingerprint density at radius 2 is 2.26 bits per heavy atom. The van der Waals surface area contributed by atoms with Crippen LogP contribution in [-0.4, -0.2) is 36.7 Å². The molecule has 1 aromatic carbocycles. The topological polar surface area (TPSA) is 50.8 Å². The van der Waals surface area contributed by atoms with Crippen LogP contribution < -0.4 is 5.48 Å². The maximum Gasteiger partial charge on any atom is 0.410 e. The molecule has 1 N–H and O–H groups in total. The third-order valence-corrected chi connectivity index (χ3v) is 3.74. The van der Waals surface area contributed by atoms with Crippen LogP contribution in [0.3, 0.4) is 0 Å². The summed E-state index contributed by atoms with van der Waals surface area (Å²) in [7, 11) is 0. The zero-order chi connectivity index (χ0) is 13.1. The number of hydrogen-bond donors (Lipinski definition) is 1. The number of carbonyl (C=O) groups is 1. The number of carbonyl (C=O) groups excluding carboxylic acids is 1. The summed E-state index contributed by atoms with van der Waals surface area (Å²) in [5.74, 6) is 0.526. The van der Waals surface area contributed by atoms with Crippen LogP contribution in [0, 0.1) is 5.92 Å². The van der Waals surface area contributed by atoms with Crippen LogP contribution in [0.25, 0.3) is 0 Å². The predicted octanol–water partition coefficient (Wildman–Crippen LogP) is 1.55. The standard InChI is InChI=1S/C14H18N2O3/c17-14(18-10-11-4-2-1-3-5-11)16-7-6-12-8-15-19-13(12)9-16/h1-5,12-13,15H,6-10H2. The molecule has 0 spiro atoms. The molecule has 1 amide bonds. The molecule has 5 heteroatoms. The smallest absolute Gasteiger partial charge is 0.410 e. The number of fused-ring (bicyclic) bond motifs is 1. The van der Waals surface area contributed by atoms with Gasteiger partial charge >= 0.3 is 6.09 Å². The highest BCUT2D eigenvalue weighted by Gasteiger charge is 2.36. The van der Waals surface area contributed by atoms with Crippen LogP contribution in [0.5, 0.6) is 0 Å². The summed E-state index contributed by atoms with van der Waals surface area (Å²) in [6.45, 7) is 2.58. The Bertz CT molecular complexity index is 438. The van der Waals surface area contributed by atoms with Gasteiger partial charge in [0.2, 0.25) is 0 Å². The highest BCUT2D eigenvalue weighted by Crippen LogP contribution is 2.23. The molecule has 1 aromatic rings. The van der Waals surface area contributed by atoms with Crippen LogP contribution in [0.15, 0.2) is 30.3 Å². The van der Waals surface area contributed by atoms with E-state index in [0.29, 0.717) is 19.1 Å². The quantitative estimate of drug-likeness (QED) is 0.878. The molecule has 2 aliphatic rings. The molecular weight excluding hydrogens is 244 g/mol. The van der Waals surface area contributed by atoms with Gasteiger partial charge in [-0.05, 0) is 12.0 Å². The lowest BCUT2D eigenvalue weighted by molar-refractivity contribution is -0.0167. The summed E-state index contributed by atoms with van der Waals surface area (Å²) in [5.41, 5.74) is 3.91. The molecule has 102 valence electrons. The summed E-state index contributed by atoms with van der Waals surface area (Å²) < 4.78 is 5.33. The Hall–Kier alpha value is -1.59. The number of benzene rings is 1. The Balaban J connectivity index is 1.50. The van der Waals surface area contributed by atoms with E-state index in [1.165, 1.54) is 0 Å². The van der Waals surface area contributed by atoms with Gasteiger partial charge in [-0.2, -0.15) is 0 Å². The number of nitrogens with zero attached hydrogens (tertiary/aromatic N) is 1. The van der Waals surface area contributed by atoms with Crippen molar-refractivity contribution in [3.8, 4) is 0 Å². The van der Waals surface area contributed by atoms with Crippen molar-refractivity contribution in [3.63, 3.8) is 0 Å². The third-order valence-electron chi connectivity index (χ3n) is 3.74. The molecule has 0 saturated carbocycles. The fraction of sp³-hybridized carbons (Fsp3) is 0.500. The number of piperidine rings is 1. The van der Waals surface area contributed by atoms with Gasteiger partial charge < -0.3 is 9.64 Å². The van der Waals surface area contributed by atoms with Gasteiger partial charge in [0, 0.05) is 19.0 Å². The Morgan fingerprint density at radius 3 is 3.11 bits per heavy atom. The number of ether oxygens (including phenoxy) is 1. The van der Waals surface area contributed by atoms with Gasteiger partial charge in [0.25, 0.3) is 0 Å². The summed E-state index contributed by atoms with van der Waals surface area (Å²) in [5, 5.41) is 0. The predicted molar refractivity (Wildman–Crippen MR) is 69.2 cm³/mol. The highest BCUT2D eigenvalue weighted by molar-refractivity contribution is 5.67. The largest absolute Gasteiger partial charge is 0.445 e. The first-order valence-corrected chi connectivity index (χ1v) is 6.67. The summed E-state index contributed by atoms with van der Waals surface area (Å²) in [4.78, 5) is 19.1. The fourth-order valence-electron chi connectivity index (χ4n) is 2.57. The number of hydroxylamine groups is 1. The lowest BCUT2D eigenvalue weighted by atomic mass is 9.95. The van der Waals surface area contributed by atoms with E-state index >= 15 is 0 Å². The number of nitrogens with one attached hydrogen (secondary N) is 1. The van der Waals surface area contributed by atoms with Crippen molar-refractivity contribution in [1.29, 1.82) is 0 Å². The second-order valence-electron chi connectivity index (χ2n) is 5.04. The molecule has 0 radical (unpaired) electrons. The lowest BCUT2D eigenvalue weighted by Crippen LogP contribution is -2.45. The van der Waals surface area contributed by atoms with Gasteiger partial charge in [-0.25, -0.2) is 10.3 Å². The maximum atomic E-state index is 12.0. The van der Waals surface area contributed by atoms with E-state index in [0.717, 1.165) is 25.1 Å². The monoisotopic (exact) mass is 262 g/mol. The molecule has 5 nitrogen and oxygen atoms in total. The third kappa shape index (κ3) is 2.88. The number of hydrogen-bond acceptors (Lipinski definition) is 4. The normalized spacial score (nSPS) is 26.0. The van der Waals surface area contributed by atoms with Gasteiger partial charge in [0.05, 0.1) is 6.54 Å². The molecule has 2 fully saturated rings. The van der Waals surface area contributed by atoms with Crippen molar-refractivity contribution in [2.45, 2.75) is 19.1 Å². The van der Waals surface area contributed by atoms with Crippen LogP contribution in [0.1, 0.15) is 12.0 Å². The lowest BCUT2D eigenvalue weighted by Gasteiger charge is -2.32. The molecule has 3 rings (SSSR count). The van der Waals surface area contributed by atoms with E-state index in [-0.39, 0.29) is 12.2 Å². The van der Waals surface area contributed by atoms with Crippen LogP contribution in [0.4, 0.5) is 4.79 Å². The van der Waals surface area contributed by atoms with Crippen molar-refractivity contribution < 1.29 is 14.4 Å². The van der Waals surface area contributed by atoms with E-state index in [2.05, 4.69) is 5.48 Å². The first-order chi connectivity index (χ1) is 9.33. The van der Waals surface area contributed by atoms with E-state index in [9.17, 15) is 4.79 Å². The average molecular weight is 262 g/mol. The van der Waals surface area contributed by atoms with Gasteiger partial charge in [-0.15, -0.1) is 0 Å². The van der Waals surface area contributed by atoms with Crippen molar-refractivity contribution in [3.05, 3.63) is 35.9 Å². The van der Waals surface area contributed by atoms with Gasteiger partial charge in [-0.3, -0.25) is 4.84 Å². The molecule has 2 aliphatic heterocycles. The molecule has 2 atom stereocenters. The molecule has 19 heavy (non-hydrogen) atoms. The van der Waals surface area contributed by atoms with Crippen molar-refractivity contribution >= 4 is 6.09 Å². The van der Waals surface area contributed by atoms with Gasteiger partial charge in [0.1, 0.15) is 12.7 Å².